The number of nitrogens with zero attached hydrogens (tertiary/aromatic N) is 1. The van der Waals surface area contributed by atoms with Crippen molar-refractivity contribution in [3.8, 4) is 17.3 Å². The monoisotopic (exact) mass is 339 g/mol. The van der Waals surface area contributed by atoms with Crippen LogP contribution in [0, 0.1) is 5.92 Å². The summed E-state index contributed by atoms with van der Waals surface area (Å²) < 4.78 is 11.2. The number of piperidine rings is 1. The molecule has 0 saturated carbocycles. The molecule has 1 fully saturated rings. The molecule has 0 bridgehead atoms. The molecule has 4 rings (SSSR count). The Kier molecular flexibility index (Phi) is 4.09. The first-order valence-corrected chi connectivity index (χ1v) is 8.67. The lowest BCUT2D eigenvalue weighted by Crippen LogP contribution is -2.32. The number of hydrogen-bond acceptors (Lipinski definition) is 5. The molecular weight excluding hydrogens is 318 g/mol. The number of rotatable bonds is 3. The van der Waals surface area contributed by atoms with Gasteiger partial charge in [-0.15, -0.1) is 0 Å². The van der Waals surface area contributed by atoms with Gasteiger partial charge in [-0.3, -0.25) is 9.69 Å². The van der Waals surface area contributed by atoms with Crippen molar-refractivity contribution in [2.45, 2.75) is 26.3 Å². The number of furan rings is 1. The lowest BCUT2D eigenvalue weighted by molar-refractivity contribution is 0.184. The van der Waals surface area contributed by atoms with Crippen LogP contribution in [0.5, 0.6) is 5.75 Å². The summed E-state index contributed by atoms with van der Waals surface area (Å²) >= 11 is 0. The Morgan fingerprint density at radius 2 is 2.00 bits per heavy atom. The molecule has 0 radical (unpaired) electrons. The number of benzene rings is 1. The minimum atomic E-state index is -0.163. The highest BCUT2D eigenvalue weighted by Gasteiger charge is 2.20. The summed E-state index contributed by atoms with van der Waals surface area (Å²) in [4.78, 5) is 15.0. The van der Waals surface area contributed by atoms with Crippen molar-refractivity contribution in [2.24, 2.45) is 5.92 Å². The number of phenols is 1. The third-order valence-electron chi connectivity index (χ3n) is 5.00. The van der Waals surface area contributed by atoms with Gasteiger partial charge in [-0.1, -0.05) is 6.92 Å². The van der Waals surface area contributed by atoms with Gasteiger partial charge in [0.15, 0.2) is 16.9 Å². The van der Waals surface area contributed by atoms with Gasteiger partial charge in [0, 0.05) is 18.2 Å². The summed E-state index contributed by atoms with van der Waals surface area (Å²) in [5.74, 6) is 1.78. The Hall–Kier alpha value is -2.53. The van der Waals surface area contributed by atoms with Gasteiger partial charge in [0.05, 0.1) is 11.6 Å². The molecule has 1 N–H and O–H groups in total. The highest BCUT2D eigenvalue weighted by molar-refractivity contribution is 5.84. The molecule has 2 aromatic heterocycles. The molecular formula is C20H21NO4. The minimum Gasteiger partial charge on any atom is -0.508 e. The molecule has 1 aliphatic rings. The smallest absolute Gasteiger partial charge is 0.193 e. The van der Waals surface area contributed by atoms with Crippen molar-refractivity contribution in [1.82, 2.24) is 4.90 Å². The van der Waals surface area contributed by atoms with E-state index in [2.05, 4.69) is 11.8 Å². The van der Waals surface area contributed by atoms with E-state index in [1.807, 2.05) is 0 Å². The van der Waals surface area contributed by atoms with Crippen LogP contribution in [0.2, 0.25) is 0 Å². The third kappa shape index (κ3) is 3.07. The van der Waals surface area contributed by atoms with E-state index in [9.17, 15) is 9.90 Å². The summed E-state index contributed by atoms with van der Waals surface area (Å²) in [6, 6.07) is 8.17. The molecule has 5 nitrogen and oxygen atoms in total. The maximum absolute atomic E-state index is 12.7. The van der Waals surface area contributed by atoms with Gasteiger partial charge < -0.3 is 13.9 Å². The molecule has 0 aliphatic carbocycles. The van der Waals surface area contributed by atoms with Crippen LogP contribution in [0.4, 0.5) is 0 Å². The van der Waals surface area contributed by atoms with Crippen LogP contribution in [-0.4, -0.2) is 23.1 Å². The van der Waals surface area contributed by atoms with Crippen molar-refractivity contribution >= 4 is 11.0 Å². The van der Waals surface area contributed by atoms with Gasteiger partial charge in [0.2, 0.25) is 0 Å². The molecule has 1 saturated heterocycles. The average Bonchev–Trinajstić information content (AvgIpc) is 3.14. The predicted molar refractivity (Wildman–Crippen MR) is 95.5 cm³/mol. The molecule has 25 heavy (non-hydrogen) atoms. The Balaban J connectivity index is 1.76. The Bertz CT molecular complexity index is 934. The molecule has 1 aromatic carbocycles. The van der Waals surface area contributed by atoms with Gasteiger partial charge >= 0.3 is 0 Å². The SMILES string of the molecule is CC1CCN(Cc2c(O)ccc3oc(-c4ccco4)cc(=O)c23)CC1. The molecule has 0 amide bonds. The van der Waals surface area contributed by atoms with E-state index in [1.165, 1.54) is 6.07 Å². The molecule has 130 valence electrons. The largest absolute Gasteiger partial charge is 0.508 e. The van der Waals surface area contributed by atoms with Crippen molar-refractivity contribution in [1.29, 1.82) is 0 Å². The zero-order valence-electron chi connectivity index (χ0n) is 14.2. The van der Waals surface area contributed by atoms with E-state index in [1.54, 1.807) is 30.5 Å². The fourth-order valence-corrected chi connectivity index (χ4v) is 3.45. The molecule has 0 unspecified atom stereocenters. The van der Waals surface area contributed by atoms with Crippen LogP contribution in [0.3, 0.4) is 0 Å². The van der Waals surface area contributed by atoms with Crippen molar-refractivity contribution in [2.75, 3.05) is 13.1 Å². The lowest BCUT2D eigenvalue weighted by atomic mass is 9.98. The van der Waals surface area contributed by atoms with Crippen LogP contribution in [0.15, 0.2) is 50.2 Å². The van der Waals surface area contributed by atoms with E-state index in [-0.39, 0.29) is 11.2 Å². The Labute approximate surface area is 145 Å². The second kappa shape index (κ2) is 6.41. The van der Waals surface area contributed by atoms with Crippen LogP contribution in [0.25, 0.3) is 22.5 Å². The molecule has 3 aromatic rings. The van der Waals surface area contributed by atoms with Gasteiger partial charge in [-0.25, -0.2) is 0 Å². The molecule has 3 heterocycles. The maximum Gasteiger partial charge on any atom is 0.193 e. The molecule has 5 heteroatoms. The van der Waals surface area contributed by atoms with Gasteiger partial charge in [0.1, 0.15) is 11.3 Å². The van der Waals surface area contributed by atoms with Crippen molar-refractivity contribution in [3.63, 3.8) is 0 Å². The number of phenolic OH excluding ortho intramolecular Hbond substituents is 1. The summed E-state index contributed by atoms with van der Waals surface area (Å²) in [5, 5.41) is 10.8. The van der Waals surface area contributed by atoms with Crippen molar-refractivity contribution in [3.05, 3.63) is 52.4 Å². The van der Waals surface area contributed by atoms with Crippen LogP contribution >= 0.6 is 0 Å². The number of hydrogen-bond donors (Lipinski definition) is 1. The first-order valence-electron chi connectivity index (χ1n) is 8.67. The third-order valence-corrected chi connectivity index (χ3v) is 5.00. The first-order chi connectivity index (χ1) is 12.1. The summed E-state index contributed by atoms with van der Waals surface area (Å²) in [7, 11) is 0. The fraction of sp³-hybridized carbons (Fsp3) is 0.350. The standard InChI is InChI=1S/C20H21NO4/c1-13-6-8-21(9-7-13)12-14-15(22)4-5-18-20(14)16(23)11-19(25-18)17-3-2-10-24-17/h2-5,10-11,13,22H,6-9,12H2,1H3. The fourth-order valence-electron chi connectivity index (χ4n) is 3.45. The Morgan fingerprint density at radius 3 is 2.72 bits per heavy atom. The molecule has 0 spiro atoms. The molecule has 1 aliphatic heterocycles. The van der Waals surface area contributed by atoms with Crippen molar-refractivity contribution < 1.29 is 13.9 Å². The zero-order chi connectivity index (χ0) is 17.4. The quantitative estimate of drug-likeness (QED) is 0.781. The first kappa shape index (κ1) is 16.0. The van der Waals surface area contributed by atoms with Crippen LogP contribution in [0.1, 0.15) is 25.3 Å². The second-order valence-corrected chi connectivity index (χ2v) is 6.85. The number of fused-ring (bicyclic) bond motifs is 1. The van der Waals surface area contributed by atoms with Crippen LogP contribution in [-0.2, 0) is 6.54 Å². The lowest BCUT2D eigenvalue weighted by Gasteiger charge is -2.30. The van der Waals surface area contributed by atoms with Gasteiger partial charge in [-0.05, 0) is 56.1 Å². The average molecular weight is 339 g/mol. The van der Waals surface area contributed by atoms with E-state index < -0.39 is 0 Å². The molecule has 0 atom stereocenters. The van der Waals surface area contributed by atoms with Gasteiger partial charge in [0.25, 0.3) is 0 Å². The van der Waals surface area contributed by atoms with E-state index in [0.717, 1.165) is 31.8 Å². The second-order valence-electron chi connectivity index (χ2n) is 6.85. The van der Waals surface area contributed by atoms with E-state index >= 15 is 0 Å². The highest BCUT2D eigenvalue weighted by Crippen LogP contribution is 2.30. The summed E-state index contributed by atoms with van der Waals surface area (Å²) in [6.45, 7) is 4.78. The predicted octanol–water partition coefficient (Wildman–Crippen LogP) is 3.99. The summed E-state index contributed by atoms with van der Waals surface area (Å²) in [6.07, 6.45) is 3.82. The normalized spacial score (nSPS) is 16.5. The van der Waals surface area contributed by atoms with E-state index in [0.29, 0.717) is 34.6 Å². The van der Waals surface area contributed by atoms with Gasteiger partial charge in [-0.2, -0.15) is 0 Å². The topological polar surface area (TPSA) is 66.8 Å². The number of aromatic hydroxyl groups is 1. The minimum absolute atomic E-state index is 0.143. The Morgan fingerprint density at radius 1 is 1.20 bits per heavy atom. The van der Waals surface area contributed by atoms with Crippen LogP contribution < -0.4 is 5.43 Å². The zero-order valence-corrected chi connectivity index (χ0v) is 14.2. The highest BCUT2D eigenvalue weighted by atomic mass is 16.4. The summed E-state index contributed by atoms with van der Waals surface area (Å²) in [5.41, 5.74) is 0.952. The van der Waals surface area contributed by atoms with E-state index in [4.69, 9.17) is 8.83 Å². The maximum atomic E-state index is 12.7. The number of likely N-dealkylation sites (tertiary alicyclic amines) is 1.